The van der Waals surface area contributed by atoms with E-state index in [1.54, 1.807) is 14.0 Å². The fourth-order valence-electron chi connectivity index (χ4n) is 7.45. The SMILES string of the molecule is CO[C@]1(C)C[C@@H](C)CN[C@@H](CCCN2CCC[C@@H]2C(F)(F)F)COC(=O)C(C)(C)C(=O)[C@H](C)[C@H]1O[C@@H]1O[C@H](C)C[C@H](N(C)C)[C@H]1O. The van der Waals surface area contributed by atoms with Crippen molar-refractivity contribution in [3.63, 3.8) is 0 Å². The van der Waals surface area contributed by atoms with Crippen molar-refractivity contribution in [2.24, 2.45) is 17.3 Å². The van der Waals surface area contributed by atoms with Crippen LogP contribution in [0.15, 0.2) is 0 Å². The Labute approximate surface area is 273 Å². The zero-order chi connectivity index (χ0) is 34.6. The lowest BCUT2D eigenvalue weighted by Crippen LogP contribution is -2.59. The predicted octanol–water partition coefficient (Wildman–Crippen LogP) is 3.78. The number of nitrogens with zero attached hydrogens (tertiary/aromatic N) is 2. The Morgan fingerprint density at radius 2 is 1.83 bits per heavy atom. The molecule has 0 aliphatic carbocycles. The molecule has 0 aromatic carbocycles. The van der Waals surface area contributed by atoms with Crippen LogP contribution in [0.25, 0.3) is 0 Å². The number of likely N-dealkylation sites (N-methyl/N-ethyl adjacent to an activating group) is 1. The number of Topliss-reactive ketones (excluding diaryl/α,β-unsaturated/α-hetero) is 1. The lowest BCUT2D eigenvalue weighted by Gasteiger charge is -2.47. The Balaban J connectivity index is 1.83. The number of cyclic esters (lactones) is 1. The van der Waals surface area contributed by atoms with Gasteiger partial charge < -0.3 is 34.3 Å². The summed E-state index contributed by atoms with van der Waals surface area (Å²) in [7, 11) is 5.33. The van der Waals surface area contributed by atoms with Gasteiger partial charge in [0.05, 0.1) is 17.8 Å². The fourth-order valence-corrected chi connectivity index (χ4v) is 7.45. The number of aliphatic hydroxyl groups is 1. The molecule has 0 bridgehead atoms. The molecule has 0 amide bonds. The summed E-state index contributed by atoms with van der Waals surface area (Å²) < 4.78 is 64.8. The monoisotopic (exact) mass is 665 g/mol. The van der Waals surface area contributed by atoms with Crippen LogP contribution in [-0.2, 0) is 28.5 Å². The third-order valence-electron chi connectivity index (χ3n) is 10.3. The van der Waals surface area contributed by atoms with E-state index in [9.17, 15) is 27.9 Å². The third kappa shape index (κ3) is 9.41. The van der Waals surface area contributed by atoms with Gasteiger partial charge in [-0.25, -0.2) is 0 Å². The molecule has 10 nitrogen and oxygen atoms in total. The minimum absolute atomic E-state index is 0.00385. The number of halogens is 3. The van der Waals surface area contributed by atoms with E-state index in [2.05, 4.69) is 5.32 Å². The average Bonchev–Trinajstić information content (AvgIpc) is 3.46. The van der Waals surface area contributed by atoms with Gasteiger partial charge in [-0.1, -0.05) is 13.8 Å². The number of nitrogens with one attached hydrogen (secondary N) is 1. The molecule has 0 unspecified atom stereocenters. The van der Waals surface area contributed by atoms with Crippen molar-refractivity contribution in [1.82, 2.24) is 15.1 Å². The Kier molecular flexibility index (Phi) is 13.5. The topological polar surface area (TPSA) is 110 Å². The first-order valence-electron chi connectivity index (χ1n) is 16.8. The number of hydrogen-bond acceptors (Lipinski definition) is 10. The molecule has 2 N–H and O–H groups in total. The molecular formula is C33H58F3N3O7. The fraction of sp³-hybridized carbons (Fsp3) is 0.939. The summed E-state index contributed by atoms with van der Waals surface area (Å²) in [5.41, 5.74) is -2.54. The number of hydrogen-bond donors (Lipinski definition) is 2. The highest BCUT2D eigenvalue weighted by atomic mass is 19.4. The van der Waals surface area contributed by atoms with Crippen molar-refractivity contribution in [2.75, 3.05) is 47.4 Å². The van der Waals surface area contributed by atoms with E-state index in [4.69, 9.17) is 18.9 Å². The van der Waals surface area contributed by atoms with E-state index < -0.39 is 59.4 Å². The van der Waals surface area contributed by atoms with Crippen LogP contribution in [0.3, 0.4) is 0 Å². The summed E-state index contributed by atoms with van der Waals surface area (Å²) in [4.78, 5) is 30.9. The molecular weight excluding hydrogens is 607 g/mol. The summed E-state index contributed by atoms with van der Waals surface area (Å²) in [5, 5.41) is 14.7. The van der Waals surface area contributed by atoms with Crippen molar-refractivity contribution < 1.29 is 46.8 Å². The van der Waals surface area contributed by atoms with Gasteiger partial charge in [0.15, 0.2) is 12.1 Å². The molecule has 0 aromatic rings. The smallest absolute Gasteiger partial charge is 0.404 e. The molecule has 3 heterocycles. The number of aliphatic hydroxyl groups excluding tert-OH is 1. The quantitative estimate of drug-likeness (QED) is 0.294. The maximum Gasteiger partial charge on any atom is 0.404 e. The Bertz CT molecular complexity index is 1020. The van der Waals surface area contributed by atoms with Crippen LogP contribution < -0.4 is 5.32 Å². The minimum atomic E-state index is -4.25. The number of esters is 1. The lowest BCUT2D eigenvalue weighted by molar-refractivity contribution is -0.295. The molecule has 268 valence electrons. The van der Waals surface area contributed by atoms with E-state index in [1.165, 1.54) is 18.7 Å². The van der Waals surface area contributed by atoms with E-state index in [0.717, 1.165) is 0 Å². The van der Waals surface area contributed by atoms with Gasteiger partial charge >= 0.3 is 12.1 Å². The summed E-state index contributed by atoms with van der Waals surface area (Å²) in [6, 6.07) is -1.94. The van der Waals surface area contributed by atoms with Gasteiger partial charge in [0.1, 0.15) is 24.2 Å². The van der Waals surface area contributed by atoms with Crippen LogP contribution >= 0.6 is 0 Å². The molecule has 0 radical (unpaired) electrons. The van der Waals surface area contributed by atoms with Crippen LogP contribution in [-0.4, -0.2) is 129 Å². The maximum atomic E-state index is 14.1. The predicted molar refractivity (Wildman–Crippen MR) is 167 cm³/mol. The summed E-state index contributed by atoms with van der Waals surface area (Å²) >= 11 is 0. The number of ketones is 1. The average molecular weight is 666 g/mol. The van der Waals surface area contributed by atoms with Crippen LogP contribution in [0, 0.1) is 17.3 Å². The Morgan fingerprint density at radius 1 is 1.15 bits per heavy atom. The van der Waals surface area contributed by atoms with Crippen molar-refractivity contribution in [2.45, 2.75) is 135 Å². The molecule has 13 heteroatoms. The number of likely N-dealkylation sites (tertiary alicyclic amines) is 1. The number of carbonyl (C=O) groups excluding carboxylic acids is 2. The van der Waals surface area contributed by atoms with E-state index in [0.29, 0.717) is 51.7 Å². The molecule has 3 aliphatic heterocycles. The van der Waals surface area contributed by atoms with Crippen molar-refractivity contribution in [3.05, 3.63) is 0 Å². The zero-order valence-corrected chi connectivity index (χ0v) is 29.2. The van der Waals surface area contributed by atoms with Gasteiger partial charge in [0.2, 0.25) is 0 Å². The highest BCUT2D eigenvalue weighted by Crippen LogP contribution is 2.38. The second kappa shape index (κ2) is 15.9. The molecule has 3 fully saturated rings. The molecule has 0 spiro atoms. The molecule has 0 aromatic heterocycles. The summed E-state index contributed by atoms with van der Waals surface area (Å²) in [6.45, 7) is 11.8. The zero-order valence-electron chi connectivity index (χ0n) is 29.2. The lowest BCUT2D eigenvalue weighted by atomic mass is 9.74. The first kappa shape index (κ1) is 39.1. The van der Waals surface area contributed by atoms with Crippen LogP contribution in [0.5, 0.6) is 0 Å². The van der Waals surface area contributed by atoms with E-state index >= 15 is 0 Å². The molecule has 10 atom stereocenters. The van der Waals surface area contributed by atoms with Gasteiger partial charge in [-0.15, -0.1) is 0 Å². The molecule has 3 saturated heterocycles. The third-order valence-corrected chi connectivity index (χ3v) is 10.3. The minimum Gasteiger partial charge on any atom is -0.463 e. The standard InChI is InChI=1S/C33H58F3N3O7/c1-20-17-32(6,43-9)28(46-29-26(40)24(38(7)8)16-21(2)45-29)22(3)27(41)31(4,5)30(42)44-19-23(37-18-20)12-10-14-39-15-11-13-25(39)33(34,35)36/h20-26,28-29,37,40H,10-19H2,1-9H3/t20-,21-,22+,23+,24+,25-,26-,28-,29+,32-/m1/s1. The van der Waals surface area contributed by atoms with Gasteiger partial charge in [-0.2, -0.15) is 13.2 Å². The molecule has 46 heavy (non-hydrogen) atoms. The highest BCUT2D eigenvalue weighted by molar-refractivity contribution is 6.04. The van der Waals surface area contributed by atoms with E-state index in [1.807, 2.05) is 39.8 Å². The van der Waals surface area contributed by atoms with Gasteiger partial charge in [0, 0.05) is 25.1 Å². The number of carbonyl (C=O) groups is 2. The Morgan fingerprint density at radius 3 is 2.43 bits per heavy atom. The van der Waals surface area contributed by atoms with Gasteiger partial charge in [-0.3, -0.25) is 14.5 Å². The highest BCUT2D eigenvalue weighted by Gasteiger charge is 2.51. The van der Waals surface area contributed by atoms with Crippen molar-refractivity contribution >= 4 is 11.8 Å². The van der Waals surface area contributed by atoms with Gasteiger partial charge in [-0.05, 0) is 106 Å². The number of alkyl halides is 3. The first-order chi connectivity index (χ1) is 21.3. The summed E-state index contributed by atoms with van der Waals surface area (Å²) in [5.74, 6) is -1.91. The molecule has 0 saturated carbocycles. The number of rotatable bonds is 8. The van der Waals surface area contributed by atoms with Gasteiger partial charge in [0.25, 0.3) is 0 Å². The maximum absolute atomic E-state index is 14.1. The number of ether oxygens (including phenoxy) is 4. The largest absolute Gasteiger partial charge is 0.463 e. The number of methoxy groups -OCH3 is 1. The normalized spacial score (nSPS) is 39.0. The molecule has 3 aliphatic rings. The molecule has 3 rings (SSSR count). The van der Waals surface area contributed by atoms with Crippen molar-refractivity contribution in [1.29, 1.82) is 0 Å². The summed E-state index contributed by atoms with van der Waals surface area (Å²) in [6.07, 6.45) is -4.63. The van der Waals surface area contributed by atoms with Crippen LogP contribution in [0.2, 0.25) is 0 Å². The first-order valence-corrected chi connectivity index (χ1v) is 16.8. The Hall–Kier alpha value is -1.35. The van der Waals surface area contributed by atoms with Crippen LogP contribution in [0.1, 0.15) is 80.1 Å². The second-order valence-corrected chi connectivity index (χ2v) is 14.8. The van der Waals surface area contributed by atoms with Crippen LogP contribution in [0.4, 0.5) is 13.2 Å². The van der Waals surface area contributed by atoms with E-state index in [-0.39, 0.29) is 37.1 Å². The van der Waals surface area contributed by atoms with Crippen molar-refractivity contribution in [3.8, 4) is 0 Å². The second-order valence-electron chi connectivity index (χ2n) is 14.8.